The third-order valence-electron chi connectivity index (χ3n) is 3.42. The summed E-state index contributed by atoms with van der Waals surface area (Å²) >= 11 is 6.51. The van der Waals surface area contributed by atoms with E-state index in [0.717, 1.165) is 23.5 Å². The maximum Gasteiger partial charge on any atom is 0.127 e. The topological polar surface area (TPSA) is 9.23 Å². The van der Waals surface area contributed by atoms with Crippen LogP contribution in [0.25, 0.3) is 0 Å². The number of hydrogen-bond acceptors (Lipinski definition) is 1. The van der Waals surface area contributed by atoms with Gasteiger partial charge < -0.3 is 4.74 Å². The summed E-state index contributed by atoms with van der Waals surface area (Å²) in [5.41, 5.74) is 1.16. The van der Waals surface area contributed by atoms with E-state index < -0.39 is 0 Å². The van der Waals surface area contributed by atoms with Crippen molar-refractivity contribution in [3.05, 3.63) is 60.2 Å². The fraction of sp³-hybridized carbons (Fsp3) is 0.333. The lowest BCUT2D eigenvalue weighted by Gasteiger charge is -2.18. The lowest BCUT2D eigenvalue weighted by molar-refractivity contribution is 0.480. The Morgan fingerprint density at radius 1 is 0.950 bits per heavy atom. The van der Waals surface area contributed by atoms with E-state index in [-0.39, 0.29) is 5.38 Å². The Kier molecular flexibility index (Phi) is 5.49. The van der Waals surface area contributed by atoms with Gasteiger partial charge in [-0.25, -0.2) is 0 Å². The second kappa shape index (κ2) is 7.35. The van der Waals surface area contributed by atoms with Crippen molar-refractivity contribution >= 4 is 11.6 Å². The van der Waals surface area contributed by atoms with Crippen molar-refractivity contribution in [3.63, 3.8) is 0 Å². The Bertz CT molecular complexity index is 507. The van der Waals surface area contributed by atoms with Crippen molar-refractivity contribution in [2.45, 2.75) is 32.1 Å². The van der Waals surface area contributed by atoms with Crippen LogP contribution in [-0.2, 0) is 0 Å². The molecule has 0 aliphatic rings. The predicted molar refractivity (Wildman–Crippen MR) is 85.6 cm³/mol. The van der Waals surface area contributed by atoms with Crippen molar-refractivity contribution in [2.75, 3.05) is 0 Å². The molecule has 2 aromatic rings. The standard InChI is InChI=1S/C18H21ClO/c1-3-7-14(2)18(19)15-10-12-17(13-11-15)20-16-8-5-4-6-9-16/h4-6,8-14,18H,3,7H2,1-2H3. The van der Waals surface area contributed by atoms with Gasteiger partial charge in [-0.3, -0.25) is 0 Å². The first-order chi connectivity index (χ1) is 9.70. The minimum atomic E-state index is 0.0701. The van der Waals surface area contributed by atoms with E-state index in [1.165, 1.54) is 6.42 Å². The smallest absolute Gasteiger partial charge is 0.127 e. The van der Waals surface area contributed by atoms with Crippen molar-refractivity contribution in [1.29, 1.82) is 0 Å². The average Bonchev–Trinajstić information content (AvgIpc) is 2.48. The highest BCUT2D eigenvalue weighted by atomic mass is 35.5. The van der Waals surface area contributed by atoms with Crippen molar-refractivity contribution in [2.24, 2.45) is 5.92 Å². The molecule has 0 heterocycles. The molecule has 0 aromatic heterocycles. The summed E-state index contributed by atoms with van der Waals surface area (Å²) in [4.78, 5) is 0. The monoisotopic (exact) mass is 288 g/mol. The molecule has 2 unspecified atom stereocenters. The van der Waals surface area contributed by atoms with Crippen molar-refractivity contribution < 1.29 is 4.74 Å². The maximum absolute atomic E-state index is 6.51. The molecular formula is C18H21ClO. The number of benzene rings is 2. The van der Waals surface area contributed by atoms with Crippen molar-refractivity contribution in [3.8, 4) is 11.5 Å². The Labute approximate surface area is 126 Å². The second-order valence-corrected chi connectivity index (χ2v) is 5.62. The third kappa shape index (κ3) is 4.01. The largest absolute Gasteiger partial charge is 0.457 e. The van der Waals surface area contributed by atoms with Crippen LogP contribution < -0.4 is 4.74 Å². The molecule has 1 nitrogen and oxygen atoms in total. The van der Waals surface area contributed by atoms with Crippen LogP contribution in [0.3, 0.4) is 0 Å². The lowest BCUT2D eigenvalue weighted by Crippen LogP contribution is -2.03. The highest BCUT2D eigenvalue weighted by molar-refractivity contribution is 6.21. The summed E-state index contributed by atoms with van der Waals surface area (Å²) in [6.07, 6.45) is 2.32. The van der Waals surface area contributed by atoms with Crippen LogP contribution in [0, 0.1) is 5.92 Å². The number of para-hydroxylation sites is 1. The summed E-state index contributed by atoms with van der Waals surface area (Å²) in [6, 6.07) is 17.9. The highest BCUT2D eigenvalue weighted by Gasteiger charge is 2.15. The molecule has 20 heavy (non-hydrogen) atoms. The molecule has 0 aliphatic carbocycles. The molecule has 0 saturated carbocycles. The van der Waals surface area contributed by atoms with Gasteiger partial charge in [0.25, 0.3) is 0 Å². The minimum absolute atomic E-state index is 0.0701. The van der Waals surface area contributed by atoms with E-state index in [2.05, 4.69) is 26.0 Å². The highest BCUT2D eigenvalue weighted by Crippen LogP contribution is 2.33. The first kappa shape index (κ1) is 14.9. The first-order valence-electron chi connectivity index (χ1n) is 7.17. The summed E-state index contributed by atoms with van der Waals surface area (Å²) in [5.74, 6) is 2.18. The maximum atomic E-state index is 6.51. The fourth-order valence-electron chi connectivity index (χ4n) is 2.27. The van der Waals surface area contributed by atoms with Gasteiger partial charge in [0, 0.05) is 0 Å². The van der Waals surface area contributed by atoms with E-state index in [4.69, 9.17) is 16.3 Å². The van der Waals surface area contributed by atoms with E-state index in [1.54, 1.807) is 0 Å². The van der Waals surface area contributed by atoms with Gasteiger partial charge in [-0.05, 0) is 42.2 Å². The fourth-order valence-corrected chi connectivity index (χ4v) is 2.55. The van der Waals surface area contributed by atoms with Crippen LogP contribution >= 0.6 is 11.6 Å². The summed E-state index contributed by atoms with van der Waals surface area (Å²) in [6.45, 7) is 4.40. The van der Waals surface area contributed by atoms with Gasteiger partial charge in [0.05, 0.1) is 5.38 Å². The van der Waals surface area contributed by atoms with Gasteiger partial charge in [-0.2, -0.15) is 0 Å². The molecule has 0 saturated heterocycles. The normalized spacial score (nSPS) is 13.8. The van der Waals surface area contributed by atoms with Gasteiger partial charge >= 0.3 is 0 Å². The molecule has 0 N–H and O–H groups in total. The number of ether oxygens (including phenoxy) is 1. The van der Waals surface area contributed by atoms with Gasteiger partial charge in [0.15, 0.2) is 0 Å². The van der Waals surface area contributed by atoms with Gasteiger partial charge in [-0.15, -0.1) is 11.6 Å². The first-order valence-corrected chi connectivity index (χ1v) is 7.61. The van der Waals surface area contributed by atoms with Crippen molar-refractivity contribution in [1.82, 2.24) is 0 Å². The molecule has 0 amide bonds. The van der Waals surface area contributed by atoms with E-state index >= 15 is 0 Å². The Balaban J connectivity index is 2.03. The minimum Gasteiger partial charge on any atom is -0.457 e. The Morgan fingerprint density at radius 2 is 1.55 bits per heavy atom. The predicted octanol–water partition coefficient (Wildman–Crippen LogP) is 6.20. The zero-order valence-corrected chi connectivity index (χ0v) is 12.8. The molecule has 2 aromatic carbocycles. The number of hydrogen-bond donors (Lipinski definition) is 0. The van der Waals surface area contributed by atoms with E-state index in [1.807, 2.05) is 42.5 Å². The van der Waals surface area contributed by atoms with E-state index in [0.29, 0.717) is 5.92 Å². The van der Waals surface area contributed by atoms with Crippen LogP contribution in [-0.4, -0.2) is 0 Å². The molecule has 2 heteroatoms. The van der Waals surface area contributed by atoms with Gasteiger partial charge in [0.1, 0.15) is 11.5 Å². The number of rotatable bonds is 6. The number of alkyl halides is 1. The Hall–Kier alpha value is -1.47. The average molecular weight is 289 g/mol. The second-order valence-electron chi connectivity index (χ2n) is 5.15. The molecule has 0 aliphatic heterocycles. The van der Waals surface area contributed by atoms with Crippen LogP contribution in [0.4, 0.5) is 0 Å². The van der Waals surface area contributed by atoms with Crippen LogP contribution in [0.1, 0.15) is 37.6 Å². The van der Waals surface area contributed by atoms with Gasteiger partial charge in [-0.1, -0.05) is 50.6 Å². The molecule has 0 fully saturated rings. The molecule has 0 spiro atoms. The third-order valence-corrected chi connectivity index (χ3v) is 4.10. The Morgan fingerprint density at radius 3 is 2.15 bits per heavy atom. The zero-order valence-electron chi connectivity index (χ0n) is 12.1. The van der Waals surface area contributed by atoms with Gasteiger partial charge in [0.2, 0.25) is 0 Å². The molecule has 0 bridgehead atoms. The molecule has 2 atom stereocenters. The summed E-state index contributed by atoms with van der Waals surface area (Å²) < 4.78 is 5.78. The van der Waals surface area contributed by atoms with Crippen LogP contribution in [0.2, 0.25) is 0 Å². The van der Waals surface area contributed by atoms with E-state index in [9.17, 15) is 0 Å². The molecule has 106 valence electrons. The lowest BCUT2D eigenvalue weighted by atomic mass is 9.96. The zero-order chi connectivity index (χ0) is 14.4. The number of halogens is 1. The van der Waals surface area contributed by atoms with Crippen LogP contribution in [0.5, 0.6) is 11.5 Å². The molecule has 0 radical (unpaired) electrons. The summed E-state index contributed by atoms with van der Waals surface area (Å²) in [5, 5.41) is 0.0701. The molecule has 2 rings (SSSR count). The van der Waals surface area contributed by atoms with Crippen LogP contribution in [0.15, 0.2) is 54.6 Å². The molecular weight excluding hydrogens is 268 g/mol. The SMILES string of the molecule is CCCC(C)C(Cl)c1ccc(Oc2ccccc2)cc1. The quantitative estimate of drug-likeness (QED) is 0.575. The summed E-state index contributed by atoms with van der Waals surface area (Å²) in [7, 11) is 0.